The van der Waals surface area contributed by atoms with E-state index in [-0.39, 0.29) is 49.5 Å². The zero-order valence-corrected chi connectivity index (χ0v) is 39.6. The highest BCUT2D eigenvalue weighted by Crippen LogP contribution is 2.35. The molecule has 0 unspecified atom stereocenters. The number of likely N-dealkylation sites (tertiary alicyclic amines) is 1. The molecular formula is C45H44F6N16O5S2. The second kappa shape index (κ2) is 24.7. The van der Waals surface area contributed by atoms with Crippen molar-refractivity contribution in [3.63, 3.8) is 0 Å². The van der Waals surface area contributed by atoms with E-state index in [0.717, 1.165) is 35.5 Å². The summed E-state index contributed by atoms with van der Waals surface area (Å²) in [6.07, 6.45) is 6.89. The van der Waals surface area contributed by atoms with Gasteiger partial charge in [0.25, 0.3) is 5.91 Å². The molecule has 0 atom stereocenters. The third-order valence-corrected chi connectivity index (χ3v) is 12.7. The van der Waals surface area contributed by atoms with Gasteiger partial charge in [0.2, 0.25) is 11.6 Å². The maximum absolute atomic E-state index is 12.8. The fourth-order valence-electron chi connectivity index (χ4n) is 7.00. The van der Waals surface area contributed by atoms with Gasteiger partial charge >= 0.3 is 30.1 Å². The Morgan fingerprint density at radius 1 is 0.608 bits per heavy atom. The maximum atomic E-state index is 12.8. The van der Waals surface area contributed by atoms with E-state index in [1.807, 2.05) is 0 Å². The van der Waals surface area contributed by atoms with Gasteiger partial charge in [0, 0.05) is 47.6 Å². The highest BCUT2D eigenvalue weighted by molar-refractivity contribution is 7.15. The monoisotopic (exact) mass is 1070 g/mol. The molecule has 0 bridgehead atoms. The minimum atomic E-state index is -4.73. The standard InChI is InChI=1S/C22H19F3N8O2S.C17H10F3N7O3S.C5H11N.CH4/c23-22(24,25)21-28-19(31-35-21)16-6-4-14(36-16)13-33(18-12-26-8-9-27-18)17-7-5-15(29-30-17)20(34)32-10-2-1-3-11-32;18-17(19,20)16-23-14(26-30-16)11-3-1-9(31-11)8-27(13-7-21-5-6-22-13)12-4-2-10(15(28)29)24-25-12;1-2-4-6-5-3-1;/h4-9,12H,1-3,10-11,13H2;1-7H,8H2,(H,28,29);6H,1-5H2;1H4. The number of nitrogens with zero attached hydrogens (tertiary/aromatic N) is 15. The average Bonchev–Trinajstić information content (AvgIpc) is 4.27. The maximum Gasteiger partial charge on any atom is 0.471 e. The number of nitrogens with one attached hydrogen (secondary N) is 1. The average molecular weight is 1070 g/mol. The van der Waals surface area contributed by atoms with E-state index in [9.17, 15) is 35.9 Å². The summed E-state index contributed by atoms with van der Waals surface area (Å²) in [5.74, 6) is -2.89. The number of alkyl halides is 6. The first kappa shape index (κ1) is 53.9. The number of rotatable bonds is 12. The number of anilines is 4. The van der Waals surface area contributed by atoms with Crippen LogP contribution in [0.2, 0.25) is 0 Å². The van der Waals surface area contributed by atoms with E-state index in [1.54, 1.807) is 57.3 Å². The number of hydrogen-bond acceptors (Lipinski definition) is 21. The Bertz CT molecular complexity index is 3010. The third-order valence-electron chi connectivity index (χ3n) is 10.5. The number of aromatic nitrogens is 12. The molecule has 29 heteroatoms. The molecule has 388 valence electrons. The van der Waals surface area contributed by atoms with Crippen LogP contribution in [0.1, 0.15) is 88.5 Å². The van der Waals surface area contributed by atoms with Gasteiger partial charge in [-0.2, -0.15) is 36.3 Å². The number of hydrogen-bond donors (Lipinski definition) is 2. The van der Waals surface area contributed by atoms with Gasteiger partial charge in [-0.15, -0.1) is 43.1 Å². The lowest BCUT2D eigenvalue weighted by molar-refractivity contribution is -0.160. The zero-order valence-electron chi connectivity index (χ0n) is 37.9. The molecule has 8 aromatic heterocycles. The van der Waals surface area contributed by atoms with E-state index in [1.165, 1.54) is 86.8 Å². The molecular weight excluding hydrogens is 1020 g/mol. The van der Waals surface area contributed by atoms with Crippen LogP contribution in [0.4, 0.5) is 49.6 Å². The highest BCUT2D eigenvalue weighted by atomic mass is 32.1. The van der Waals surface area contributed by atoms with Gasteiger partial charge in [0.05, 0.1) is 35.2 Å². The van der Waals surface area contributed by atoms with Crippen LogP contribution in [0.25, 0.3) is 21.4 Å². The number of thiophene rings is 2. The Morgan fingerprint density at radius 2 is 1.08 bits per heavy atom. The van der Waals surface area contributed by atoms with Gasteiger partial charge in [-0.25, -0.2) is 14.8 Å². The third kappa shape index (κ3) is 14.2. The molecule has 0 aliphatic carbocycles. The van der Waals surface area contributed by atoms with Gasteiger partial charge in [0.15, 0.2) is 34.7 Å². The molecule has 8 aromatic rings. The number of amides is 1. The Morgan fingerprint density at radius 3 is 1.45 bits per heavy atom. The smallest absolute Gasteiger partial charge is 0.471 e. The van der Waals surface area contributed by atoms with Gasteiger partial charge in [-0.3, -0.25) is 14.8 Å². The van der Waals surface area contributed by atoms with Gasteiger partial charge in [-0.05, 0) is 93.7 Å². The summed E-state index contributed by atoms with van der Waals surface area (Å²) in [7, 11) is 0. The Kier molecular flexibility index (Phi) is 18.0. The minimum absolute atomic E-state index is 0. The van der Waals surface area contributed by atoms with Crippen molar-refractivity contribution < 1.29 is 50.1 Å². The molecule has 0 spiro atoms. The van der Waals surface area contributed by atoms with E-state index in [2.05, 4.69) is 75.0 Å². The summed E-state index contributed by atoms with van der Waals surface area (Å²) in [6.45, 7) is 4.38. The highest BCUT2D eigenvalue weighted by Gasteiger charge is 2.39. The Hall–Kier alpha value is -7.92. The lowest BCUT2D eigenvalue weighted by Crippen LogP contribution is -2.36. The molecule has 0 saturated carbocycles. The fraction of sp³-hybridized carbons (Fsp3) is 0.333. The topological polar surface area (TPSA) is 257 Å². The van der Waals surface area contributed by atoms with Crippen LogP contribution in [0.5, 0.6) is 0 Å². The number of carboxylic acids is 1. The summed E-state index contributed by atoms with van der Waals surface area (Å²) in [5.41, 5.74) is 0.0366. The first-order valence-electron chi connectivity index (χ1n) is 22.2. The van der Waals surface area contributed by atoms with Gasteiger partial charge in [-0.1, -0.05) is 24.2 Å². The molecule has 2 saturated heterocycles. The number of carbonyl (C=O) groups is 2. The van der Waals surface area contributed by atoms with Crippen molar-refractivity contribution >= 4 is 57.8 Å². The summed E-state index contributed by atoms with van der Waals surface area (Å²) in [4.78, 5) is 54.7. The van der Waals surface area contributed by atoms with Crippen LogP contribution in [0, 0.1) is 0 Å². The van der Waals surface area contributed by atoms with Crippen LogP contribution >= 0.6 is 22.7 Å². The number of carboxylic acid groups (broad SMARTS) is 1. The summed E-state index contributed by atoms with van der Waals surface area (Å²) in [6, 6.07) is 12.7. The second-order valence-corrected chi connectivity index (χ2v) is 18.0. The molecule has 2 N–H and O–H groups in total. The fourth-order valence-corrected chi connectivity index (χ4v) is 8.85. The summed E-state index contributed by atoms with van der Waals surface area (Å²) < 4.78 is 85.1. The summed E-state index contributed by atoms with van der Waals surface area (Å²) in [5, 5.41) is 35.1. The van der Waals surface area contributed by atoms with Crippen molar-refractivity contribution in [2.75, 3.05) is 36.0 Å². The Balaban J connectivity index is 0.000000193. The molecule has 2 aliphatic heterocycles. The van der Waals surface area contributed by atoms with Crippen molar-refractivity contribution in [3.05, 3.63) is 119 Å². The van der Waals surface area contributed by atoms with Crippen LogP contribution in [0.15, 0.2) is 94.8 Å². The zero-order chi connectivity index (χ0) is 51.4. The molecule has 0 aromatic carbocycles. The quantitative estimate of drug-likeness (QED) is 0.108. The molecule has 2 aliphatic rings. The predicted octanol–water partition coefficient (Wildman–Crippen LogP) is 9.19. The van der Waals surface area contributed by atoms with Gasteiger partial charge < -0.3 is 34.2 Å². The lowest BCUT2D eigenvalue weighted by atomic mass is 10.1. The second-order valence-electron chi connectivity index (χ2n) is 15.7. The van der Waals surface area contributed by atoms with E-state index in [0.29, 0.717) is 51.0 Å². The van der Waals surface area contributed by atoms with Gasteiger partial charge in [0.1, 0.15) is 0 Å². The van der Waals surface area contributed by atoms with Crippen molar-refractivity contribution in [1.82, 2.24) is 70.8 Å². The lowest BCUT2D eigenvalue weighted by Gasteiger charge is -2.26. The Labute approximate surface area is 424 Å². The van der Waals surface area contributed by atoms with Crippen molar-refractivity contribution in [1.29, 1.82) is 0 Å². The molecule has 10 rings (SSSR count). The first-order chi connectivity index (χ1) is 35.2. The molecule has 2 fully saturated rings. The molecule has 10 heterocycles. The first-order valence-corrected chi connectivity index (χ1v) is 23.8. The van der Waals surface area contributed by atoms with Crippen molar-refractivity contribution in [3.8, 4) is 21.4 Å². The minimum Gasteiger partial charge on any atom is -0.476 e. The van der Waals surface area contributed by atoms with E-state index < -0.39 is 30.1 Å². The normalized spacial score (nSPS) is 13.6. The SMILES string of the molecule is C.C1CCNCC1.O=C(O)c1ccc(N(Cc2ccc(-c3noc(C(F)(F)F)n3)s2)c2cnccn2)nn1.O=C(c1ccc(N(Cc2ccc(-c3noc(C(F)(F)F)n3)s2)c2cnccn2)nn1)N1CCCCC1. The van der Waals surface area contributed by atoms with E-state index in [4.69, 9.17) is 5.11 Å². The number of halogens is 6. The number of aromatic carboxylic acids is 1. The predicted molar refractivity (Wildman–Crippen MR) is 255 cm³/mol. The molecule has 0 radical (unpaired) electrons. The van der Waals surface area contributed by atoms with Crippen molar-refractivity contribution in [2.45, 2.75) is 71.4 Å². The number of piperidine rings is 2. The summed E-state index contributed by atoms with van der Waals surface area (Å²) >= 11 is 2.35. The van der Waals surface area contributed by atoms with Crippen LogP contribution < -0.4 is 15.1 Å². The van der Waals surface area contributed by atoms with Crippen LogP contribution in [-0.4, -0.2) is 109 Å². The molecule has 74 heavy (non-hydrogen) atoms. The van der Waals surface area contributed by atoms with Crippen LogP contribution in [-0.2, 0) is 25.4 Å². The van der Waals surface area contributed by atoms with E-state index >= 15 is 0 Å². The largest absolute Gasteiger partial charge is 0.476 e. The molecule has 21 nitrogen and oxygen atoms in total. The van der Waals surface area contributed by atoms with Crippen LogP contribution in [0.3, 0.4) is 0 Å². The number of carbonyl (C=O) groups excluding carboxylic acids is 1. The van der Waals surface area contributed by atoms with Crippen molar-refractivity contribution in [2.24, 2.45) is 0 Å². The molecule has 1 amide bonds.